The van der Waals surface area contributed by atoms with Gasteiger partial charge in [0.25, 0.3) is 0 Å². The van der Waals surface area contributed by atoms with Crippen molar-refractivity contribution in [2.75, 3.05) is 13.2 Å². The molecule has 1 heterocycles. The Morgan fingerprint density at radius 2 is 1.81 bits per heavy atom. The summed E-state index contributed by atoms with van der Waals surface area (Å²) in [6.45, 7) is -0.120. The molecule has 0 aromatic rings. The van der Waals surface area contributed by atoms with Crippen molar-refractivity contribution >= 4 is 5.97 Å². The number of aliphatic carboxylic acids is 1. The number of carbonyl (C=O) groups is 1. The first kappa shape index (κ1) is 15.1. The first-order valence-corrected chi connectivity index (χ1v) is 4.08. The maximum absolute atomic E-state index is 10.6. The minimum absolute atomic E-state index is 0.117. The summed E-state index contributed by atoms with van der Waals surface area (Å²) >= 11 is 0. The predicted molar refractivity (Wildman–Crippen MR) is 42.5 cm³/mol. The van der Waals surface area contributed by atoms with Crippen LogP contribution in [0, 0.1) is 0 Å². The van der Waals surface area contributed by atoms with E-state index in [9.17, 15) is 13.2 Å². The summed E-state index contributed by atoms with van der Waals surface area (Å²) in [6.07, 6.45) is -7.43. The topological polar surface area (TPSA) is 107 Å². The fourth-order valence-corrected chi connectivity index (χ4v) is 0.828. The van der Waals surface area contributed by atoms with E-state index in [-0.39, 0.29) is 13.2 Å². The minimum atomic E-state index is -5.08. The van der Waals surface area contributed by atoms with E-state index in [2.05, 4.69) is 0 Å². The zero-order valence-corrected chi connectivity index (χ0v) is 7.89. The zero-order valence-electron chi connectivity index (χ0n) is 7.89. The third kappa shape index (κ3) is 4.75. The summed E-state index contributed by atoms with van der Waals surface area (Å²) in [5, 5.41) is 33.3. The monoisotopic (exact) mass is 248 g/mol. The Bertz CT molecular complexity index is 231. The number of rotatable bonds is 1. The molecule has 4 N–H and O–H groups in total. The highest BCUT2D eigenvalue weighted by Crippen LogP contribution is 2.13. The Labute approximate surface area is 87.9 Å². The largest absolute Gasteiger partial charge is 0.490 e. The number of alkyl halides is 3. The zero-order chi connectivity index (χ0) is 12.9. The van der Waals surface area contributed by atoms with Crippen molar-refractivity contribution in [3.8, 4) is 0 Å². The summed E-state index contributed by atoms with van der Waals surface area (Å²) in [7, 11) is 0. The Hall–Kier alpha value is -0.900. The van der Waals surface area contributed by atoms with Gasteiger partial charge in [0, 0.05) is 0 Å². The number of carboxylic acids is 1. The molecule has 3 atom stereocenters. The molecule has 1 fully saturated rings. The van der Waals surface area contributed by atoms with E-state index in [1.165, 1.54) is 0 Å². The van der Waals surface area contributed by atoms with Crippen LogP contribution in [0.4, 0.5) is 13.2 Å². The summed E-state index contributed by atoms with van der Waals surface area (Å²) in [4.78, 5) is 8.90. The molecular weight excluding hydrogens is 237 g/mol. The standard InChI is InChI=1S/C5H10O4.C2HF3O2/c6-1-4-5(8)3(7)2-9-4;3-2(4,5)1(6)7/h3-8H,1-2H2;(H,6,7). The molecule has 6 nitrogen and oxygen atoms in total. The van der Waals surface area contributed by atoms with Crippen molar-refractivity contribution in [2.45, 2.75) is 24.5 Å². The number of ether oxygens (including phenoxy) is 1. The second-order valence-electron chi connectivity index (χ2n) is 2.92. The van der Waals surface area contributed by atoms with Crippen molar-refractivity contribution in [3.63, 3.8) is 0 Å². The van der Waals surface area contributed by atoms with Crippen molar-refractivity contribution in [3.05, 3.63) is 0 Å². The van der Waals surface area contributed by atoms with Crippen LogP contribution >= 0.6 is 0 Å². The average molecular weight is 248 g/mol. The van der Waals surface area contributed by atoms with Gasteiger partial charge in [-0.2, -0.15) is 13.2 Å². The van der Waals surface area contributed by atoms with Gasteiger partial charge in [0.1, 0.15) is 18.3 Å². The fourth-order valence-electron chi connectivity index (χ4n) is 0.828. The van der Waals surface area contributed by atoms with Crippen molar-refractivity contribution in [2.24, 2.45) is 0 Å². The van der Waals surface area contributed by atoms with Crippen LogP contribution in [0.15, 0.2) is 0 Å². The van der Waals surface area contributed by atoms with Crippen molar-refractivity contribution in [1.29, 1.82) is 0 Å². The smallest absolute Gasteiger partial charge is 0.475 e. The maximum Gasteiger partial charge on any atom is 0.490 e. The van der Waals surface area contributed by atoms with Crippen LogP contribution < -0.4 is 0 Å². The summed E-state index contributed by atoms with van der Waals surface area (Å²) in [6, 6.07) is 0. The van der Waals surface area contributed by atoms with Gasteiger partial charge in [-0.25, -0.2) is 4.79 Å². The van der Waals surface area contributed by atoms with Gasteiger partial charge < -0.3 is 25.2 Å². The van der Waals surface area contributed by atoms with Gasteiger partial charge >= 0.3 is 12.1 Å². The summed E-state index contributed by atoms with van der Waals surface area (Å²) in [5.74, 6) is -2.76. The third-order valence-corrected chi connectivity index (χ3v) is 1.68. The van der Waals surface area contributed by atoms with E-state index < -0.39 is 30.5 Å². The van der Waals surface area contributed by atoms with Crippen LogP contribution in [0.1, 0.15) is 0 Å². The number of halogens is 3. The lowest BCUT2D eigenvalue weighted by Gasteiger charge is -2.10. The molecule has 0 aromatic carbocycles. The molecule has 1 aliphatic rings. The molecule has 1 rings (SSSR count). The normalized spacial score (nSPS) is 29.5. The molecule has 0 radical (unpaired) electrons. The summed E-state index contributed by atoms with van der Waals surface area (Å²) < 4.78 is 36.5. The van der Waals surface area contributed by atoms with Crippen LogP contribution in [0.5, 0.6) is 0 Å². The lowest BCUT2D eigenvalue weighted by molar-refractivity contribution is -0.192. The third-order valence-electron chi connectivity index (χ3n) is 1.68. The summed E-state index contributed by atoms with van der Waals surface area (Å²) in [5.41, 5.74) is 0. The molecule has 96 valence electrons. The Morgan fingerprint density at radius 1 is 1.38 bits per heavy atom. The van der Waals surface area contributed by atoms with Gasteiger partial charge in [-0.1, -0.05) is 0 Å². The maximum atomic E-state index is 10.6. The molecule has 1 aliphatic heterocycles. The first-order chi connectivity index (χ1) is 7.20. The van der Waals surface area contributed by atoms with Crippen LogP contribution in [-0.4, -0.2) is 64.1 Å². The molecule has 9 heteroatoms. The van der Waals surface area contributed by atoms with Gasteiger partial charge in [0.15, 0.2) is 0 Å². The lowest BCUT2D eigenvalue weighted by Crippen LogP contribution is -2.31. The Kier molecular flexibility index (Phi) is 5.65. The Balaban J connectivity index is 0.000000293. The molecule has 0 amide bonds. The molecule has 1 saturated heterocycles. The van der Waals surface area contributed by atoms with E-state index >= 15 is 0 Å². The second-order valence-corrected chi connectivity index (χ2v) is 2.92. The fraction of sp³-hybridized carbons (Fsp3) is 0.857. The van der Waals surface area contributed by atoms with Gasteiger partial charge in [-0.3, -0.25) is 0 Å². The van der Waals surface area contributed by atoms with E-state index in [4.69, 9.17) is 30.0 Å². The minimum Gasteiger partial charge on any atom is -0.475 e. The van der Waals surface area contributed by atoms with Crippen LogP contribution in [0.3, 0.4) is 0 Å². The molecular formula is C7H11F3O6. The van der Waals surface area contributed by atoms with E-state index in [1.807, 2.05) is 0 Å². The highest BCUT2D eigenvalue weighted by Gasteiger charge is 2.38. The number of aliphatic hydroxyl groups is 3. The second kappa shape index (κ2) is 5.99. The number of hydrogen-bond donors (Lipinski definition) is 4. The molecule has 3 unspecified atom stereocenters. The molecule has 0 bridgehead atoms. The quantitative estimate of drug-likeness (QED) is 0.461. The lowest BCUT2D eigenvalue weighted by atomic mass is 10.2. The predicted octanol–water partition coefficient (Wildman–Crippen LogP) is -1.27. The van der Waals surface area contributed by atoms with Crippen LogP contribution in [0.2, 0.25) is 0 Å². The average Bonchev–Trinajstić information content (AvgIpc) is 2.47. The molecule has 16 heavy (non-hydrogen) atoms. The Morgan fingerprint density at radius 3 is 1.94 bits per heavy atom. The van der Waals surface area contributed by atoms with Gasteiger partial charge in [-0.05, 0) is 0 Å². The number of aliphatic hydroxyl groups excluding tert-OH is 3. The van der Waals surface area contributed by atoms with Gasteiger partial charge in [0.05, 0.1) is 13.2 Å². The number of carboxylic acid groups (broad SMARTS) is 1. The van der Waals surface area contributed by atoms with E-state index in [0.29, 0.717) is 0 Å². The molecule has 0 aromatic heterocycles. The molecule has 0 aliphatic carbocycles. The SMILES string of the molecule is O=C(O)C(F)(F)F.OCC1OCC(O)C1O. The number of hydrogen-bond acceptors (Lipinski definition) is 5. The van der Waals surface area contributed by atoms with Crippen molar-refractivity contribution in [1.82, 2.24) is 0 Å². The van der Waals surface area contributed by atoms with E-state index in [0.717, 1.165) is 0 Å². The molecule has 0 spiro atoms. The van der Waals surface area contributed by atoms with Crippen molar-refractivity contribution < 1.29 is 43.1 Å². The van der Waals surface area contributed by atoms with Gasteiger partial charge in [-0.15, -0.1) is 0 Å². The van der Waals surface area contributed by atoms with Crippen LogP contribution in [0.25, 0.3) is 0 Å². The van der Waals surface area contributed by atoms with Crippen LogP contribution in [-0.2, 0) is 9.53 Å². The van der Waals surface area contributed by atoms with Gasteiger partial charge in [0.2, 0.25) is 0 Å². The molecule has 0 saturated carbocycles. The first-order valence-electron chi connectivity index (χ1n) is 4.08. The van der Waals surface area contributed by atoms with E-state index in [1.54, 1.807) is 0 Å². The highest BCUT2D eigenvalue weighted by atomic mass is 19.4. The highest BCUT2D eigenvalue weighted by molar-refractivity contribution is 5.73.